The van der Waals surface area contributed by atoms with Gasteiger partial charge in [-0.15, -0.1) is 0 Å². The van der Waals surface area contributed by atoms with Gasteiger partial charge in [-0.05, 0) is 47.5 Å². The molecule has 0 radical (unpaired) electrons. The number of nitrogens with zero attached hydrogens (tertiary/aromatic N) is 4. The summed E-state index contributed by atoms with van der Waals surface area (Å²) in [5.41, 5.74) is 1.84. The molecule has 0 unspecified atom stereocenters. The van der Waals surface area contributed by atoms with Crippen LogP contribution >= 0.6 is 0 Å². The van der Waals surface area contributed by atoms with Crippen LogP contribution in [0.1, 0.15) is 61.6 Å². The maximum Gasteiger partial charge on any atom is 0.291 e. The monoisotopic (exact) mass is 368 g/mol. The van der Waals surface area contributed by atoms with Gasteiger partial charge in [-0.2, -0.15) is 10.1 Å². The summed E-state index contributed by atoms with van der Waals surface area (Å²) in [4.78, 5) is 21.7. The Bertz CT molecular complexity index is 1030. The number of carbonyl (C=O) groups excluding carboxylic acids is 1. The Morgan fingerprint density at radius 3 is 2.67 bits per heavy atom. The van der Waals surface area contributed by atoms with Crippen LogP contribution in [0.2, 0.25) is 0 Å². The summed E-state index contributed by atoms with van der Waals surface area (Å²) in [5, 5.41) is 11.3. The van der Waals surface area contributed by atoms with Gasteiger partial charge in [0.1, 0.15) is 11.6 Å². The van der Waals surface area contributed by atoms with Gasteiger partial charge >= 0.3 is 0 Å². The summed E-state index contributed by atoms with van der Waals surface area (Å²) in [7, 11) is 0. The van der Waals surface area contributed by atoms with Gasteiger partial charge in [0.25, 0.3) is 5.91 Å². The predicted octanol–water partition coefficient (Wildman–Crippen LogP) is 3.83. The van der Waals surface area contributed by atoms with E-state index in [2.05, 4.69) is 32.6 Å². The smallest absolute Gasteiger partial charge is 0.291 e. The summed E-state index contributed by atoms with van der Waals surface area (Å²) >= 11 is 0. The zero-order valence-corrected chi connectivity index (χ0v) is 16.3. The van der Waals surface area contributed by atoms with Crippen molar-refractivity contribution in [3.8, 4) is 0 Å². The minimum Gasteiger partial charge on any atom is -0.432 e. The Morgan fingerprint density at radius 1 is 1.30 bits per heavy atom. The molecule has 0 aromatic carbocycles. The molecule has 1 amide bonds. The first-order chi connectivity index (χ1) is 12.8. The number of nitrogens with one attached hydrogen (secondary N) is 2. The third-order valence-corrected chi connectivity index (χ3v) is 4.92. The highest BCUT2D eigenvalue weighted by Gasteiger charge is 2.38. The van der Waals surface area contributed by atoms with E-state index in [1.54, 1.807) is 17.1 Å². The third-order valence-electron chi connectivity index (χ3n) is 4.92. The molecule has 3 aromatic heterocycles. The van der Waals surface area contributed by atoms with E-state index in [0.29, 0.717) is 17.2 Å². The minimum atomic E-state index is -0.324. The van der Waals surface area contributed by atoms with Crippen LogP contribution in [0.25, 0.3) is 11.1 Å². The standard InChI is InChI=1S/C19H24N6O2/c1-10(2)25-9-13(8-20-25)23-17(26)15-11(3)14-16(24-19(5)6-7-19)21-12(4)22-18(14)27-15/h8-10H,6-7H2,1-5H3,(H,23,26)(H,21,22,24). The van der Waals surface area contributed by atoms with Gasteiger partial charge < -0.3 is 15.1 Å². The molecule has 1 fully saturated rings. The molecule has 1 aliphatic rings. The number of furan rings is 1. The van der Waals surface area contributed by atoms with Gasteiger partial charge in [0, 0.05) is 23.3 Å². The minimum absolute atomic E-state index is 0.0608. The molecule has 0 spiro atoms. The lowest BCUT2D eigenvalue weighted by Gasteiger charge is -2.13. The maximum absolute atomic E-state index is 12.8. The molecule has 27 heavy (non-hydrogen) atoms. The number of rotatable bonds is 5. The van der Waals surface area contributed by atoms with E-state index in [1.807, 2.05) is 27.7 Å². The summed E-state index contributed by atoms with van der Waals surface area (Å²) in [6, 6.07) is 0.222. The molecule has 8 heteroatoms. The summed E-state index contributed by atoms with van der Waals surface area (Å²) in [6.07, 6.45) is 5.62. The molecule has 0 bridgehead atoms. The van der Waals surface area contributed by atoms with Crippen molar-refractivity contribution in [2.75, 3.05) is 10.6 Å². The Morgan fingerprint density at radius 2 is 2.04 bits per heavy atom. The molecular weight excluding hydrogens is 344 g/mol. The van der Waals surface area contributed by atoms with Crippen molar-refractivity contribution in [1.29, 1.82) is 0 Å². The van der Waals surface area contributed by atoms with Crippen molar-refractivity contribution in [2.45, 2.75) is 59.0 Å². The van der Waals surface area contributed by atoms with E-state index in [9.17, 15) is 4.79 Å². The van der Waals surface area contributed by atoms with Crippen molar-refractivity contribution in [1.82, 2.24) is 19.7 Å². The van der Waals surface area contributed by atoms with Crippen LogP contribution in [0.5, 0.6) is 0 Å². The Balaban J connectivity index is 1.68. The lowest BCUT2D eigenvalue weighted by molar-refractivity contribution is 0.0997. The van der Waals surface area contributed by atoms with Gasteiger partial charge in [0.05, 0.1) is 17.3 Å². The fourth-order valence-corrected chi connectivity index (χ4v) is 3.02. The highest BCUT2D eigenvalue weighted by Crippen LogP contribution is 2.40. The van der Waals surface area contributed by atoms with Crippen molar-refractivity contribution >= 4 is 28.5 Å². The van der Waals surface area contributed by atoms with Crippen molar-refractivity contribution in [2.24, 2.45) is 0 Å². The number of carbonyl (C=O) groups is 1. The van der Waals surface area contributed by atoms with Crippen molar-refractivity contribution in [3.63, 3.8) is 0 Å². The first-order valence-corrected chi connectivity index (χ1v) is 9.17. The highest BCUT2D eigenvalue weighted by molar-refractivity contribution is 6.07. The van der Waals surface area contributed by atoms with Crippen molar-refractivity contribution in [3.05, 3.63) is 29.5 Å². The normalized spacial score (nSPS) is 15.3. The van der Waals surface area contributed by atoms with Crippen LogP contribution in [0.3, 0.4) is 0 Å². The first-order valence-electron chi connectivity index (χ1n) is 9.17. The number of hydrogen-bond donors (Lipinski definition) is 2. The van der Waals surface area contributed by atoms with E-state index in [-0.39, 0.29) is 23.2 Å². The van der Waals surface area contributed by atoms with Gasteiger partial charge in [0.15, 0.2) is 5.76 Å². The molecule has 2 N–H and O–H groups in total. The van der Waals surface area contributed by atoms with Gasteiger partial charge in [-0.25, -0.2) is 4.98 Å². The molecule has 4 rings (SSSR count). The van der Waals surface area contributed by atoms with Crippen LogP contribution in [-0.4, -0.2) is 31.2 Å². The predicted molar refractivity (Wildman–Crippen MR) is 103 cm³/mol. The quantitative estimate of drug-likeness (QED) is 0.710. The molecule has 3 aromatic rings. The third kappa shape index (κ3) is 3.27. The average Bonchev–Trinajstić information content (AvgIpc) is 3.00. The van der Waals surface area contributed by atoms with Crippen LogP contribution in [0.15, 0.2) is 16.8 Å². The maximum atomic E-state index is 12.8. The first kappa shape index (κ1) is 17.5. The molecule has 1 saturated carbocycles. The molecule has 0 atom stereocenters. The van der Waals surface area contributed by atoms with E-state index in [0.717, 1.165) is 29.6 Å². The van der Waals surface area contributed by atoms with Crippen molar-refractivity contribution < 1.29 is 9.21 Å². The topological polar surface area (TPSA) is 97.9 Å². The number of aromatic nitrogens is 4. The number of amides is 1. The zero-order valence-electron chi connectivity index (χ0n) is 16.3. The lowest BCUT2D eigenvalue weighted by Crippen LogP contribution is -2.17. The molecule has 142 valence electrons. The lowest BCUT2D eigenvalue weighted by atomic mass is 10.1. The molecule has 0 saturated heterocycles. The Kier molecular flexibility index (Phi) is 3.94. The largest absolute Gasteiger partial charge is 0.432 e. The summed E-state index contributed by atoms with van der Waals surface area (Å²) < 4.78 is 7.60. The highest BCUT2D eigenvalue weighted by atomic mass is 16.4. The Labute approximate surface area is 157 Å². The van der Waals surface area contributed by atoms with Gasteiger partial charge in [-0.3, -0.25) is 9.48 Å². The second-order valence-corrected chi connectivity index (χ2v) is 7.80. The van der Waals surface area contributed by atoms with E-state index in [4.69, 9.17) is 4.42 Å². The molecule has 1 aliphatic carbocycles. The van der Waals surface area contributed by atoms with E-state index >= 15 is 0 Å². The second kappa shape index (κ2) is 6.07. The summed E-state index contributed by atoms with van der Waals surface area (Å²) in [5.74, 6) is 1.25. The average molecular weight is 368 g/mol. The van der Waals surface area contributed by atoms with Crippen LogP contribution in [0, 0.1) is 13.8 Å². The fraction of sp³-hybridized carbons (Fsp3) is 0.474. The number of aryl methyl sites for hydroxylation is 2. The summed E-state index contributed by atoms with van der Waals surface area (Å²) in [6.45, 7) is 9.89. The molecule has 0 aliphatic heterocycles. The Hall–Kier alpha value is -2.90. The number of hydrogen-bond acceptors (Lipinski definition) is 6. The molecule has 8 nitrogen and oxygen atoms in total. The number of anilines is 2. The zero-order chi connectivity index (χ0) is 19.3. The van der Waals surface area contributed by atoms with Crippen LogP contribution < -0.4 is 10.6 Å². The van der Waals surface area contributed by atoms with Gasteiger partial charge in [0.2, 0.25) is 5.71 Å². The number of fused-ring (bicyclic) bond motifs is 1. The fourth-order valence-electron chi connectivity index (χ4n) is 3.02. The van der Waals surface area contributed by atoms with Crippen LogP contribution in [-0.2, 0) is 0 Å². The van der Waals surface area contributed by atoms with Gasteiger partial charge in [-0.1, -0.05) is 0 Å². The second-order valence-electron chi connectivity index (χ2n) is 7.80. The molecular formula is C19H24N6O2. The van der Waals surface area contributed by atoms with E-state index < -0.39 is 0 Å². The van der Waals surface area contributed by atoms with E-state index in [1.165, 1.54) is 0 Å². The SMILES string of the molecule is Cc1nc(NC2(C)CC2)c2c(C)c(C(=O)Nc3cnn(C(C)C)c3)oc2n1. The van der Waals surface area contributed by atoms with Crippen LogP contribution in [0.4, 0.5) is 11.5 Å². The molecule has 3 heterocycles.